The third kappa shape index (κ3) is 4.95. The zero-order valence-electron chi connectivity index (χ0n) is 18.1. The second kappa shape index (κ2) is 9.71. The number of aryl methyl sites for hydroxylation is 1. The van der Waals surface area contributed by atoms with E-state index in [0.717, 1.165) is 30.1 Å². The van der Waals surface area contributed by atoms with E-state index in [-0.39, 0.29) is 16.5 Å². The summed E-state index contributed by atoms with van der Waals surface area (Å²) < 4.78 is 21.3. The molecule has 1 aromatic heterocycles. The minimum atomic E-state index is -0.563. The summed E-state index contributed by atoms with van der Waals surface area (Å²) in [6, 6.07) is 11.9. The van der Waals surface area contributed by atoms with Gasteiger partial charge < -0.3 is 10.1 Å². The number of halogens is 2. The Kier molecular flexibility index (Phi) is 6.77. The molecule has 1 N–H and O–H groups in total. The van der Waals surface area contributed by atoms with Crippen molar-refractivity contribution in [1.29, 1.82) is 0 Å². The Balaban J connectivity index is 1.53. The largest absolute Gasteiger partial charge is 0.492 e. The van der Waals surface area contributed by atoms with Crippen LogP contribution in [0.3, 0.4) is 0 Å². The molecule has 168 valence electrons. The molecule has 1 atom stereocenters. The molecule has 1 unspecified atom stereocenters. The van der Waals surface area contributed by atoms with Crippen molar-refractivity contribution in [2.24, 2.45) is 7.05 Å². The summed E-state index contributed by atoms with van der Waals surface area (Å²) >= 11 is 5.81. The normalized spacial score (nSPS) is 16.3. The molecule has 8 heteroatoms. The number of likely N-dealkylation sites (tertiary alicyclic amines) is 1. The van der Waals surface area contributed by atoms with Crippen LogP contribution in [0, 0.1) is 5.82 Å². The van der Waals surface area contributed by atoms with Crippen LogP contribution in [0.15, 0.2) is 48.7 Å². The second-order valence-corrected chi connectivity index (χ2v) is 8.42. The van der Waals surface area contributed by atoms with E-state index in [2.05, 4.69) is 22.2 Å². The molecular weight excluding hydrogens is 431 g/mol. The van der Waals surface area contributed by atoms with E-state index in [4.69, 9.17) is 16.3 Å². The van der Waals surface area contributed by atoms with Gasteiger partial charge >= 0.3 is 0 Å². The number of benzene rings is 2. The zero-order valence-corrected chi connectivity index (χ0v) is 18.9. The number of anilines is 1. The van der Waals surface area contributed by atoms with Crippen LogP contribution in [0.1, 0.15) is 30.1 Å². The average Bonchev–Trinajstić information content (AvgIpc) is 3.38. The maximum atomic E-state index is 13.4. The number of ether oxygens (including phenoxy) is 1. The van der Waals surface area contributed by atoms with Gasteiger partial charge in [0.05, 0.1) is 10.7 Å². The number of nitrogens with zero attached hydrogens (tertiary/aromatic N) is 3. The summed E-state index contributed by atoms with van der Waals surface area (Å²) in [5.74, 6) is -0.214. The van der Waals surface area contributed by atoms with Gasteiger partial charge in [-0.3, -0.25) is 14.4 Å². The lowest BCUT2D eigenvalue weighted by Gasteiger charge is -2.21. The van der Waals surface area contributed by atoms with Crippen LogP contribution in [0.2, 0.25) is 5.02 Å². The smallest absolute Gasteiger partial charge is 0.255 e. The Morgan fingerprint density at radius 3 is 2.81 bits per heavy atom. The van der Waals surface area contributed by atoms with Crippen molar-refractivity contribution in [3.63, 3.8) is 0 Å². The van der Waals surface area contributed by atoms with E-state index in [1.807, 2.05) is 25.2 Å². The highest BCUT2D eigenvalue weighted by Crippen LogP contribution is 2.33. The fraction of sp³-hybridized carbons (Fsp3) is 0.333. The van der Waals surface area contributed by atoms with Crippen LogP contribution in [-0.4, -0.2) is 46.3 Å². The van der Waals surface area contributed by atoms with Gasteiger partial charge in [0.15, 0.2) is 0 Å². The highest BCUT2D eigenvalue weighted by molar-refractivity contribution is 6.31. The van der Waals surface area contributed by atoms with E-state index in [9.17, 15) is 9.18 Å². The Hall–Kier alpha value is -2.90. The fourth-order valence-corrected chi connectivity index (χ4v) is 4.19. The van der Waals surface area contributed by atoms with Crippen LogP contribution in [0.25, 0.3) is 11.3 Å². The van der Waals surface area contributed by atoms with Gasteiger partial charge in [-0.2, -0.15) is 5.10 Å². The molecule has 1 amide bonds. The molecule has 6 nitrogen and oxygen atoms in total. The Morgan fingerprint density at radius 1 is 1.28 bits per heavy atom. The summed E-state index contributed by atoms with van der Waals surface area (Å²) in [6.07, 6.45) is 4.18. The molecule has 0 aliphatic carbocycles. The molecule has 2 heterocycles. The summed E-state index contributed by atoms with van der Waals surface area (Å²) in [7, 11) is 1.86. The highest BCUT2D eigenvalue weighted by atomic mass is 35.5. The summed E-state index contributed by atoms with van der Waals surface area (Å²) in [5.41, 5.74) is 2.57. The van der Waals surface area contributed by atoms with Crippen molar-refractivity contribution in [1.82, 2.24) is 14.7 Å². The lowest BCUT2D eigenvalue weighted by Crippen LogP contribution is -2.31. The molecular formula is C24H26ClFN4O2. The van der Waals surface area contributed by atoms with Crippen molar-refractivity contribution < 1.29 is 13.9 Å². The average molecular weight is 457 g/mol. The van der Waals surface area contributed by atoms with E-state index in [0.29, 0.717) is 18.3 Å². The van der Waals surface area contributed by atoms with Crippen LogP contribution in [0.4, 0.5) is 10.1 Å². The number of amides is 1. The quantitative estimate of drug-likeness (QED) is 0.543. The minimum absolute atomic E-state index is 0.0932. The maximum absolute atomic E-state index is 13.4. The van der Waals surface area contributed by atoms with Crippen LogP contribution >= 0.6 is 11.6 Å². The highest BCUT2D eigenvalue weighted by Gasteiger charge is 2.20. The van der Waals surface area contributed by atoms with Gasteiger partial charge in [-0.05, 0) is 68.8 Å². The molecule has 2 aromatic carbocycles. The van der Waals surface area contributed by atoms with Gasteiger partial charge in [0.1, 0.15) is 18.2 Å². The molecule has 0 radical (unpaired) electrons. The van der Waals surface area contributed by atoms with Crippen LogP contribution in [-0.2, 0) is 7.05 Å². The molecule has 0 bridgehead atoms. The minimum Gasteiger partial charge on any atom is -0.492 e. The first kappa shape index (κ1) is 22.3. The van der Waals surface area contributed by atoms with Crippen LogP contribution in [0.5, 0.6) is 5.75 Å². The molecule has 0 spiro atoms. The van der Waals surface area contributed by atoms with E-state index < -0.39 is 5.82 Å². The standard InChI is InChI=1S/C24H26ClFN4O2/c1-16-4-3-11-30(16)12-13-32-23-8-6-18(15-19(23)22-9-10-27-29(22)2)28-24(31)17-5-7-21(26)20(25)14-17/h5-10,14-16H,3-4,11-13H2,1-2H3,(H,28,31). The van der Waals surface area contributed by atoms with Gasteiger partial charge in [0, 0.05) is 42.6 Å². The first-order valence-corrected chi connectivity index (χ1v) is 11.1. The first-order chi connectivity index (χ1) is 15.4. The molecule has 1 aliphatic rings. The van der Waals surface area contributed by atoms with Crippen molar-refractivity contribution in [2.45, 2.75) is 25.8 Å². The van der Waals surface area contributed by atoms with Crippen molar-refractivity contribution in [3.8, 4) is 17.0 Å². The number of carbonyl (C=O) groups is 1. The molecule has 0 saturated carbocycles. The predicted octanol–water partition coefficient (Wildman–Crippen LogP) is 5.00. The summed E-state index contributed by atoms with van der Waals surface area (Å²) in [5, 5.41) is 7.01. The third-order valence-corrected chi connectivity index (χ3v) is 6.13. The molecule has 1 aliphatic heterocycles. The first-order valence-electron chi connectivity index (χ1n) is 10.7. The fourth-order valence-electron chi connectivity index (χ4n) is 4.01. The number of carbonyl (C=O) groups excluding carboxylic acids is 1. The van der Waals surface area contributed by atoms with Crippen molar-refractivity contribution in [2.75, 3.05) is 25.0 Å². The molecule has 32 heavy (non-hydrogen) atoms. The monoisotopic (exact) mass is 456 g/mol. The van der Waals surface area contributed by atoms with E-state index >= 15 is 0 Å². The maximum Gasteiger partial charge on any atom is 0.255 e. The number of hydrogen-bond acceptors (Lipinski definition) is 4. The van der Waals surface area contributed by atoms with E-state index in [1.54, 1.807) is 16.9 Å². The predicted molar refractivity (Wildman–Crippen MR) is 124 cm³/mol. The van der Waals surface area contributed by atoms with Crippen LogP contribution < -0.4 is 10.1 Å². The summed E-state index contributed by atoms with van der Waals surface area (Å²) in [4.78, 5) is 15.1. The SMILES string of the molecule is CC1CCCN1CCOc1ccc(NC(=O)c2ccc(F)c(Cl)c2)cc1-c1ccnn1C. The molecule has 4 rings (SSSR count). The van der Waals surface area contributed by atoms with Gasteiger partial charge in [0.2, 0.25) is 0 Å². The number of aromatic nitrogens is 2. The van der Waals surface area contributed by atoms with Gasteiger partial charge in [-0.1, -0.05) is 11.6 Å². The van der Waals surface area contributed by atoms with Crippen molar-refractivity contribution >= 4 is 23.2 Å². The third-order valence-electron chi connectivity index (χ3n) is 5.84. The Labute approximate surface area is 191 Å². The lowest BCUT2D eigenvalue weighted by molar-refractivity contribution is 0.102. The molecule has 1 saturated heterocycles. The Morgan fingerprint density at radius 2 is 2.12 bits per heavy atom. The van der Waals surface area contributed by atoms with Crippen molar-refractivity contribution in [3.05, 3.63) is 65.1 Å². The molecule has 3 aromatic rings. The zero-order chi connectivity index (χ0) is 22.7. The van der Waals surface area contributed by atoms with E-state index in [1.165, 1.54) is 31.0 Å². The number of rotatable bonds is 7. The Bertz CT molecular complexity index is 1120. The number of nitrogens with one attached hydrogen (secondary N) is 1. The van der Waals surface area contributed by atoms with Gasteiger partial charge in [-0.15, -0.1) is 0 Å². The van der Waals surface area contributed by atoms with Gasteiger partial charge in [-0.25, -0.2) is 4.39 Å². The number of hydrogen-bond donors (Lipinski definition) is 1. The summed E-state index contributed by atoms with van der Waals surface area (Å²) in [6.45, 7) is 4.81. The molecule has 1 fully saturated rings. The lowest BCUT2D eigenvalue weighted by atomic mass is 10.1. The second-order valence-electron chi connectivity index (χ2n) is 8.01. The topological polar surface area (TPSA) is 59.4 Å². The van der Waals surface area contributed by atoms with Gasteiger partial charge in [0.25, 0.3) is 5.91 Å².